The van der Waals surface area contributed by atoms with Gasteiger partial charge in [0.2, 0.25) is 5.91 Å². The first-order chi connectivity index (χ1) is 13.4. The molecule has 144 valence electrons. The van der Waals surface area contributed by atoms with Gasteiger partial charge in [0, 0.05) is 5.69 Å². The predicted octanol–water partition coefficient (Wildman–Crippen LogP) is 6.12. The highest BCUT2D eigenvalue weighted by Gasteiger charge is 2.23. The van der Waals surface area contributed by atoms with Crippen molar-refractivity contribution in [1.29, 1.82) is 0 Å². The molecule has 0 aliphatic heterocycles. The molecule has 3 rings (SSSR count). The first-order valence-corrected chi connectivity index (χ1v) is 9.90. The Bertz CT molecular complexity index is 896. The fourth-order valence-corrected chi connectivity index (χ4v) is 4.08. The summed E-state index contributed by atoms with van der Waals surface area (Å²) in [4.78, 5) is 12.7. The second-order valence-electron chi connectivity index (χ2n) is 6.62. The lowest BCUT2D eigenvalue weighted by Gasteiger charge is -2.22. The van der Waals surface area contributed by atoms with E-state index in [4.69, 9.17) is 0 Å². The number of thioether (sulfide) groups is 1. The van der Waals surface area contributed by atoms with Crippen LogP contribution in [0.1, 0.15) is 28.9 Å². The van der Waals surface area contributed by atoms with Crippen LogP contribution in [0.3, 0.4) is 0 Å². The molecule has 0 aliphatic rings. The second-order valence-corrected chi connectivity index (χ2v) is 8.07. The molecule has 28 heavy (non-hydrogen) atoms. The van der Waals surface area contributed by atoms with Crippen molar-refractivity contribution in [2.75, 3.05) is 5.32 Å². The molecule has 0 radical (unpaired) electrons. The fraction of sp³-hybridized carbons (Fsp3) is 0.174. The van der Waals surface area contributed by atoms with Crippen LogP contribution >= 0.6 is 11.8 Å². The van der Waals surface area contributed by atoms with Gasteiger partial charge in [-0.2, -0.15) is 0 Å². The van der Waals surface area contributed by atoms with Crippen molar-refractivity contribution in [3.63, 3.8) is 0 Å². The maximum absolute atomic E-state index is 13.4. The van der Waals surface area contributed by atoms with Gasteiger partial charge in [-0.1, -0.05) is 36.4 Å². The molecule has 1 amide bonds. The number of aryl methyl sites for hydroxylation is 1. The van der Waals surface area contributed by atoms with E-state index >= 15 is 0 Å². The number of carbonyl (C=O) groups excluding carboxylic acids is 1. The molecule has 3 aromatic carbocycles. The third-order valence-corrected chi connectivity index (χ3v) is 5.78. The van der Waals surface area contributed by atoms with Crippen LogP contribution in [0, 0.1) is 18.6 Å². The molecule has 1 N–H and O–H groups in total. The largest absolute Gasteiger partial charge is 0.325 e. The first kappa shape index (κ1) is 20.1. The van der Waals surface area contributed by atoms with Crippen LogP contribution in [-0.4, -0.2) is 11.2 Å². The summed E-state index contributed by atoms with van der Waals surface area (Å²) in [5.41, 5.74) is 3.52. The lowest BCUT2D eigenvalue weighted by Crippen LogP contribution is -2.23. The summed E-state index contributed by atoms with van der Waals surface area (Å²) in [5.74, 6) is -0.765. The van der Waals surface area contributed by atoms with Gasteiger partial charge in [0.05, 0.1) is 10.5 Å². The van der Waals surface area contributed by atoms with E-state index in [0.29, 0.717) is 0 Å². The number of halogens is 2. The van der Waals surface area contributed by atoms with E-state index in [-0.39, 0.29) is 28.0 Å². The third kappa shape index (κ3) is 5.20. The van der Waals surface area contributed by atoms with Gasteiger partial charge in [-0.05, 0) is 66.9 Å². The molecule has 0 saturated carbocycles. The Morgan fingerprint density at radius 3 is 1.93 bits per heavy atom. The van der Waals surface area contributed by atoms with Crippen LogP contribution in [0.2, 0.25) is 0 Å². The summed E-state index contributed by atoms with van der Waals surface area (Å²) in [7, 11) is 0. The average Bonchev–Trinajstić information content (AvgIpc) is 2.67. The summed E-state index contributed by atoms with van der Waals surface area (Å²) in [6.07, 6.45) is 0. The zero-order valence-corrected chi connectivity index (χ0v) is 16.5. The van der Waals surface area contributed by atoms with Gasteiger partial charge in [-0.15, -0.1) is 11.8 Å². The van der Waals surface area contributed by atoms with E-state index in [1.807, 2.05) is 38.1 Å². The van der Waals surface area contributed by atoms with E-state index < -0.39 is 0 Å². The maximum atomic E-state index is 13.4. The van der Waals surface area contributed by atoms with Crippen molar-refractivity contribution >= 4 is 23.4 Å². The Morgan fingerprint density at radius 2 is 1.43 bits per heavy atom. The molecule has 5 heteroatoms. The van der Waals surface area contributed by atoms with E-state index in [2.05, 4.69) is 5.32 Å². The Labute approximate surface area is 168 Å². The summed E-state index contributed by atoms with van der Waals surface area (Å²) < 4.78 is 26.7. The molecule has 0 heterocycles. The Morgan fingerprint density at radius 1 is 0.893 bits per heavy atom. The number of hydrogen-bond donors (Lipinski definition) is 1. The zero-order valence-electron chi connectivity index (χ0n) is 15.7. The lowest BCUT2D eigenvalue weighted by atomic mass is 10.0. The van der Waals surface area contributed by atoms with E-state index in [9.17, 15) is 13.6 Å². The van der Waals surface area contributed by atoms with Crippen molar-refractivity contribution < 1.29 is 13.6 Å². The number of benzene rings is 3. The highest BCUT2D eigenvalue weighted by molar-refractivity contribution is 8.01. The standard InChI is InChI=1S/C23H21F2NOS/c1-15-4-3-5-21(14-15)26-23(27)16(2)28-22(17-6-10-19(24)11-7-17)18-8-12-20(25)13-9-18/h3-14,16,22H,1-2H3,(H,26,27). The number of amides is 1. The average molecular weight is 397 g/mol. The Hall–Kier alpha value is -2.66. The quantitative estimate of drug-likeness (QED) is 0.543. The van der Waals surface area contributed by atoms with Gasteiger partial charge in [0.25, 0.3) is 0 Å². The first-order valence-electron chi connectivity index (χ1n) is 8.96. The normalized spacial score (nSPS) is 12.0. The maximum Gasteiger partial charge on any atom is 0.237 e. The number of hydrogen-bond acceptors (Lipinski definition) is 2. The third-order valence-electron chi connectivity index (χ3n) is 4.34. The molecule has 1 atom stereocenters. The molecule has 0 bridgehead atoms. The molecule has 0 fully saturated rings. The SMILES string of the molecule is Cc1cccc(NC(=O)C(C)SC(c2ccc(F)cc2)c2ccc(F)cc2)c1. The van der Waals surface area contributed by atoms with Gasteiger partial charge in [0.1, 0.15) is 11.6 Å². The van der Waals surface area contributed by atoms with E-state index in [0.717, 1.165) is 22.4 Å². The van der Waals surface area contributed by atoms with Gasteiger partial charge in [-0.3, -0.25) is 4.79 Å². The number of rotatable bonds is 6. The monoisotopic (exact) mass is 397 g/mol. The number of anilines is 1. The molecular weight excluding hydrogens is 376 g/mol. The molecule has 0 spiro atoms. The molecule has 0 aliphatic carbocycles. The molecule has 0 saturated heterocycles. The lowest BCUT2D eigenvalue weighted by molar-refractivity contribution is -0.115. The zero-order chi connectivity index (χ0) is 20.1. The van der Waals surface area contributed by atoms with Crippen molar-refractivity contribution in [2.24, 2.45) is 0 Å². The molecule has 2 nitrogen and oxygen atoms in total. The van der Waals surface area contributed by atoms with Gasteiger partial charge >= 0.3 is 0 Å². The van der Waals surface area contributed by atoms with Gasteiger partial charge in [-0.25, -0.2) is 8.78 Å². The highest BCUT2D eigenvalue weighted by Crippen LogP contribution is 2.38. The highest BCUT2D eigenvalue weighted by atomic mass is 32.2. The minimum Gasteiger partial charge on any atom is -0.325 e. The van der Waals surface area contributed by atoms with Crippen LogP contribution in [0.25, 0.3) is 0 Å². The minimum absolute atomic E-state index is 0.121. The Kier molecular flexibility index (Phi) is 6.47. The molecule has 0 aromatic heterocycles. The van der Waals surface area contributed by atoms with Crippen LogP contribution in [0.4, 0.5) is 14.5 Å². The topological polar surface area (TPSA) is 29.1 Å². The summed E-state index contributed by atoms with van der Waals surface area (Å²) in [6, 6.07) is 20.0. The van der Waals surface area contributed by atoms with Crippen LogP contribution < -0.4 is 5.32 Å². The molecule has 3 aromatic rings. The summed E-state index contributed by atoms with van der Waals surface area (Å²) in [5, 5.41) is 2.33. The summed E-state index contributed by atoms with van der Waals surface area (Å²) >= 11 is 1.44. The van der Waals surface area contributed by atoms with Crippen LogP contribution in [0.15, 0.2) is 72.8 Å². The molecular formula is C23H21F2NOS. The van der Waals surface area contributed by atoms with Gasteiger partial charge in [0.15, 0.2) is 0 Å². The fourth-order valence-electron chi connectivity index (χ4n) is 2.86. The number of nitrogens with one attached hydrogen (secondary N) is 1. The van der Waals surface area contributed by atoms with E-state index in [1.165, 1.54) is 36.0 Å². The Balaban J connectivity index is 1.80. The summed E-state index contributed by atoms with van der Waals surface area (Å²) in [6.45, 7) is 3.79. The predicted molar refractivity (Wildman–Crippen MR) is 112 cm³/mol. The van der Waals surface area contributed by atoms with Crippen LogP contribution in [-0.2, 0) is 4.79 Å². The number of carbonyl (C=O) groups is 1. The van der Waals surface area contributed by atoms with Crippen molar-refractivity contribution in [3.8, 4) is 0 Å². The van der Waals surface area contributed by atoms with Crippen molar-refractivity contribution in [2.45, 2.75) is 24.3 Å². The second kappa shape index (κ2) is 9.02. The van der Waals surface area contributed by atoms with E-state index in [1.54, 1.807) is 24.3 Å². The van der Waals surface area contributed by atoms with Gasteiger partial charge < -0.3 is 5.32 Å². The smallest absolute Gasteiger partial charge is 0.237 e. The van der Waals surface area contributed by atoms with Crippen molar-refractivity contribution in [1.82, 2.24) is 0 Å². The molecule has 1 unspecified atom stereocenters. The minimum atomic E-state index is -0.374. The van der Waals surface area contributed by atoms with Crippen LogP contribution in [0.5, 0.6) is 0 Å². The van der Waals surface area contributed by atoms with Crippen molar-refractivity contribution in [3.05, 3.63) is 101 Å².